The number of benzene rings is 1. The van der Waals surface area contributed by atoms with E-state index >= 15 is 0 Å². The number of imidazole rings is 1. The van der Waals surface area contributed by atoms with Crippen LogP contribution < -0.4 is 5.32 Å². The van der Waals surface area contributed by atoms with Crippen LogP contribution in [0.15, 0.2) is 47.2 Å². The van der Waals surface area contributed by atoms with Crippen LogP contribution in [0.2, 0.25) is 0 Å². The Morgan fingerprint density at radius 1 is 1.09 bits per heavy atom. The van der Waals surface area contributed by atoms with E-state index in [1.807, 2.05) is 18.3 Å². The quantitative estimate of drug-likeness (QED) is 0.712. The van der Waals surface area contributed by atoms with Crippen molar-refractivity contribution < 1.29 is 0 Å². The van der Waals surface area contributed by atoms with Crippen LogP contribution in [0.1, 0.15) is 32.1 Å². The van der Waals surface area contributed by atoms with Gasteiger partial charge in [-0.2, -0.15) is 4.98 Å². The number of aromatic nitrogens is 3. The normalized spacial score (nSPS) is 15.9. The zero-order chi connectivity index (χ0) is 15.6. The summed E-state index contributed by atoms with van der Waals surface area (Å²) in [5, 5.41) is 3.67. The number of anilines is 1. The summed E-state index contributed by atoms with van der Waals surface area (Å²) in [7, 11) is 0. The first-order valence-corrected chi connectivity index (χ1v) is 8.97. The van der Waals surface area contributed by atoms with E-state index in [0.29, 0.717) is 6.04 Å². The summed E-state index contributed by atoms with van der Waals surface area (Å²) in [5.74, 6) is 1.67. The number of rotatable bonds is 3. The highest BCUT2D eigenvalue weighted by Gasteiger charge is 2.20. The first-order chi connectivity index (χ1) is 11.3. The maximum absolute atomic E-state index is 4.74. The van der Waals surface area contributed by atoms with Crippen LogP contribution in [0.4, 0.5) is 5.82 Å². The Labute approximate surface area is 144 Å². The monoisotopic (exact) mass is 370 g/mol. The Morgan fingerprint density at radius 3 is 2.74 bits per heavy atom. The summed E-state index contributed by atoms with van der Waals surface area (Å²) < 4.78 is 3.13. The van der Waals surface area contributed by atoms with Crippen LogP contribution in [0.3, 0.4) is 0 Å². The van der Waals surface area contributed by atoms with Gasteiger partial charge in [0.15, 0.2) is 5.82 Å². The minimum Gasteiger partial charge on any atom is -0.365 e. The van der Waals surface area contributed by atoms with Crippen molar-refractivity contribution in [2.75, 3.05) is 5.32 Å². The molecule has 0 unspecified atom stereocenters. The molecule has 4 rings (SSSR count). The Balaban J connectivity index is 1.83. The molecule has 0 amide bonds. The average molecular weight is 371 g/mol. The molecule has 1 aliphatic rings. The largest absolute Gasteiger partial charge is 0.365 e. The van der Waals surface area contributed by atoms with Gasteiger partial charge in [0.05, 0.1) is 5.69 Å². The average Bonchev–Trinajstić information content (AvgIpc) is 2.94. The smallest absolute Gasteiger partial charge is 0.236 e. The van der Waals surface area contributed by atoms with Crippen LogP contribution in [0.25, 0.3) is 17.0 Å². The number of halogens is 1. The van der Waals surface area contributed by atoms with Crippen LogP contribution >= 0.6 is 15.9 Å². The Morgan fingerprint density at radius 2 is 1.91 bits per heavy atom. The van der Waals surface area contributed by atoms with Gasteiger partial charge >= 0.3 is 0 Å². The number of nitrogens with one attached hydrogen (secondary N) is 1. The molecule has 1 aromatic carbocycles. The van der Waals surface area contributed by atoms with Crippen LogP contribution in [0.5, 0.6) is 0 Å². The zero-order valence-electron chi connectivity index (χ0n) is 12.9. The van der Waals surface area contributed by atoms with Crippen LogP contribution in [0, 0.1) is 0 Å². The van der Waals surface area contributed by atoms with E-state index in [4.69, 9.17) is 4.98 Å². The Hall–Kier alpha value is -1.88. The molecule has 0 bridgehead atoms. The molecule has 5 heteroatoms. The molecule has 0 spiro atoms. The van der Waals surface area contributed by atoms with Gasteiger partial charge in [-0.25, -0.2) is 4.98 Å². The van der Waals surface area contributed by atoms with Crippen LogP contribution in [-0.2, 0) is 0 Å². The predicted molar refractivity (Wildman–Crippen MR) is 96.6 cm³/mol. The lowest BCUT2D eigenvalue weighted by molar-refractivity contribution is 0.462. The molecule has 0 atom stereocenters. The fourth-order valence-corrected chi connectivity index (χ4v) is 3.81. The van der Waals surface area contributed by atoms with Crippen molar-refractivity contribution in [3.63, 3.8) is 0 Å². The summed E-state index contributed by atoms with van der Waals surface area (Å²) in [4.78, 5) is 9.15. The highest BCUT2D eigenvalue weighted by atomic mass is 79.9. The lowest BCUT2D eigenvalue weighted by Crippen LogP contribution is -2.22. The van der Waals surface area contributed by atoms with Gasteiger partial charge < -0.3 is 5.32 Å². The highest BCUT2D eigenvalue weighted by molar-refractivity contribution is 9.10. The molecule has 23 heavy (non-hydrogen) atoms. The van der Waals surface area contributed by atoms with Crippen molar-refractivity contribution in [2.24, 2.45) is 0 Å². The van der Waals surface area contributed by atoms with Gasteiger partial charge in [0.25, 0.3) is 0 Å². The van der Waals surface area contributed by atoms with E-state index < -0.39 is 0 Å². The lowest BCUT2D eigenvalue weighted by atomic mass is 9.95. The van der Waals surface area contributed by atoms with Gasteiger partial charge in [-0.3, -0.25) is 4.40 Å². The molecular formula is C18H19BrN4. The molecule has 1 saturated carbocycles. The fourth-order valence-electron chi connectivity index (χ4n) is 3.34. The molecule has 1 fully saturated rings. The van der Waals surface area contributed by atoms with Crippen molar-refractivity contribution in [1.82, 2.24) is 14.4 Å². The van der Waals surface area contributed by atoms with Gasteiger partial charge in [-0.1, -0.05) is 53.4 Å². The number of nitrogens with zero attached hydrogens (tertiary/aromatic N) is 3. The zero-order valence-corrected chi connectivity index (χ0v) is 14.5. The minimum absolute atomic E-state index is 0.509. The van der Waals surface area contributed by atoms with Gasteiger partial charge in [0, 0.05) is 28.5 Å². The summed E-state index contributed by atoms with van der Waals surface area (Å²) in [6.07, 6.45) is 10.2. The van der Waals surface area contributed by atoms with Gasteiger partial charge in [0.1, 0.15) is 0 Å². The molecule has 0 saturated heterocycles. The third-order valence-electron chi connectivity index (χ3n) is 4.48. The van der Waals surface area contributed by atoms with Crippen molar-refractivity contribution >= 4 is 27.5 Å². The second kappa shape index (κ2) is 6.32. The molecule has 0 aliphatic heterocycles. The summed E-state index contributed by atoms with van der Waals surface area (Å²) in [5.41, 5.74) is 2.21. The number of hydrogen-bond donors (Lipinski definition) is 1. The number of hydrogen-bond acceptors (Lipinski definition) is 3. The first kappa shape index (κ1) is 14.7. The topological polar surface area (TPSA) is 42.2 Å². The first-order valence-electron chi connectivity index (χ1n) is 8.17. The van der Waals surface area contributed by atoms with Crippen molar-refractivity contribution in [2.45, 2.75) is 38.1 Å². The van der Waals surface area contributed by atoms with Crippen LogP contribution in [-0.4, -0.2) is 20.4 Å². The fraction of sp³-hybridized carbons (Fsp3) is 0.333. The maximum Gasteiger partial charge on any atom is 0.236 e. The number of fused-ring (bicyclic) bond motifs is 1. The predicted octanol–water partition coefficient (Wildman–Crippen LogP) is 4.90. The van der Waals surface area contributed by atoms with Gasteiger partial charge in [0.2, 0.25) is 5.78 Å². The lowest BCUT2D eigenvalue weighted by Gasteiger charge is -2.23. The van der Waals surface area contributed by atoms with Crippen molar-refractivity contribution in [3.8, 4) is 11.3 Å². The molecule has 4 nitrogen and oxygen atoms in total. The molecule has 1 N–H and O–H groups in total. The highest BCUT2D eigenvalue weighted by Crippen LogP contribution is 2.35. The molecular weight excluding hydrogens is 352 g/mol. The van der Waals surface area contributed by atoms with E-state index in [1.54, 1.807) is 6.20 Å². The van der Waals surface area contributed by atoms with E-state index in [-0.39, 0.29) is 0 Å². The standard InChI is InChI=1S/C18H19BrN4/c19-15-10-5-4-9-14(15)16-17(21-13-7-2-1-3-8-13)22-18-20-11-6-12-23(16)18/h4-6,9-13,21H,1-3,7-8H2. The molecule has 1 aliphatic carbocycles. The molecule has 2 heterocycles. The SMILES string of the molecule is Brc1ccccc1-c1c(NC2CCCCC2)nc2ncccn12. The second-order valence-corrected chi connectivity index (χ2v) is 6.91. The minimum atomic E-state index is 0.509. The van der Waals surface area contributed by atoms with Gasteiger partial charge in [-0.15, -0.1) is 0 Å². The van der Waals surface area contributed by atoms with E-state index in [2.05, 4.69) is 48.8 Å². The summed E-state index contributed by atoms with van der Waals surface area (Å²) in [6, 6.07) is 10.7. The van der Waals surface area contributed by atoms with Gasteiger partial charge in [-0.05, 0) is 25.0 Å². The van der Waals surface area contributed by atoms with E-state index in [9.17, 15) is 0 Å². The molecule has 2 aromatic heterocycles. The third-order valence-corrected chi connectivity index (χ3v) is 5.17. The summed E-state index contributed by atoms with van der Waals surface area (Å²) in [6.45, 7) is 0. The Kier molecular flexibility index (Phi) is 4.04. The summed E-state index contributed by atoms with van der Waals surface area (Å²) >= 11 is 3.67. The van der Waals surface area contributed by atoms with Crippen molar-refractivity contribution in [3.05, 3.63) is 47.2 Å². The third kappa shape index (κ3) is 2.85. The van der Waals surface area contributed by atoms with E-state index in [1.165, 1.54) is 32.1 Å². The second-order valence-electron chi connectivity index (χ2n) is 6.06. The Bertz CT molecular complexity index is 821. The van der Waals surface area contributed by atoms with Crippen molar-refractivity contribution in [1.29, 1.82) is 0 Å². The molecule has 3 aromatic rings. The van der Waals surface area contributed by atoms with E-state index in [0.717, 1.165) is 27.3 Å². The molecule has 0 radical (unpaired) electrons. The molecule has 118 valence electrons. The maximum atomic E-state index is 4.74.